The van der Waals surface area contributed by atoms with E-state index < -0.39 is 0 Å². The highest BCUT2D eigenvalue weighted by Crippen LogP contribution is 2.20. The Morgan fingerprint density at radius 2 is 2.09 bits per heavy atom. The maximum atomic E-state index is 11.5. The lowest BCUT2D eigenvalue weighted by Crippen LogP contribution is -2.45. The van der Waals surface area contributed by atoms with Gasteiger partial charge in [0.25, 0.3) is 0 Å². The Balaban J connectivity index is 0.00000264. The standard InChI is InChI=1S/C16H26N4OS.HI/c1-12-4-5-14(22-12)11-19-16(18-3)20-8-6-13(7-9-20)10-15(21)17-2;/h4-5,13H,6-11H2,1-3H3,(H,17,21)(H,18,19);1H. The van der Waals surface area contributed by atoms with Gasteiger partial charge in [0.15, 0.2) is 5.96 Å². The SMILES string of the molecule is CN=C(NCc1ccc(C)s1)N1CCC(CC(=O)NC)CC1.I. The second-order valence-corrected chi connectivity index (χ2v) is 7.09. The van der Waals surface area contributed by atoms with Crippen molar-refractivity contribution in [3.05, 3.63) is 21.9 Å². The highest BCUT2D eigenvalue weighted by molar-refractivity contribution is 14.0. The van der Waals surface area contributed by atoms with E-state index >= 15 is 0 Å². The molecule has 0 unspecified atom stereocenters. The third-order valence-electron chi connectivity index (χ3n) is 4.10. The molecule has 1 aromatic heterocycles. The van der Waals surface area contributed by atoms with E-state index in [1.165, 1.54) is 9.75 Å². The molecule has 1 amide bonds. The summed E-state index contributed by atoms with van der Waals surface area (Å²) < 4.78 is 0. The van der Waals surface area contributed by atoms with Crippen LogP contribution in [0.25, 0.3) is 0 Å². The number of halogens is 1. The number of nitrogens with zero attached hydrogens (tertiary/aromatic N) is 2. The lowest BCUT2D eigenvalue weighted by molar-refractivity contribution is -0.121. The summed E-state index contributed by atoms with van der Waals surface area (Å²) in [6.07, 6.45) is 2.74. The third kappa shape index (κ3) is 6.29. The predicted octanol–water partition coefficient (Wildman–Crippen LogP) is 2.60. The Bertz CT molecular complexity index is 524. The average Bonchev–Trinajstić information content (AvgIpc) is 2.95. The molecular formula is C16H27IN4OS. The molecule has 0 aromatic carbocycles. The first-order valence-corrected chi connectivity index (χ1v) is 8.65. The molecule has 1 aromatic rings. The fraction of sp³-hybridized carbons (Fsp3) is 0.625. The average molecular weight is 450 g/mol. The summed E-state index contributed by atoms with van der Waals surface area (Å²) in [6, 6.07) is 4.31. The van der Waals surface area contributed by atoms with Gasteiger partial charge in [-0.15, -0.1) is 35.3 Å². The van der Waals surface area contributed by atoms with Crippen LogP contribution in [0.2, 0.25) is 0 Å². The second-order valence-electron chi connectivity index (χ2n) is 5.72. The van der Waals surface area contributed by atoms with Crippen molar-refractivity contribution in [2.24, 2.45) is 10.9 Å². The molecule has 0 aliphatic carbocycles. The van der Waals surface area contributed by atoms with Gasteiger partial charge in [-0.3, -0.25) is 9.79 Å². The summed E-state index contributed by atoms with van der Waals surface area (Å²) in [5.41, 5.74) is 0. The highest BCUT2D eigenvalue weighted by atomic mass is 127. The van der Waals surface area contributed by atoms with Gasteiger partial charge < -0.3 is 15.5 Å². The molecule has 1 saturated heterocycles. The quantitative estimate of drug-likeness (QED) is 0.421. The van der Waals surface area contributed by atoms with Crippen LogP contribution in [0.4, 0.5) is 0 Å². The van der Waals surface area contributed by atoms with E-state index in [0.29, 0.717) is 12.3 Å². The largest absolute Gasteiger partial charge is 0.359 e. The van der Waals surface area contributed by atoms with Crippen molar-refractivity contribution in [1.29, 1.82) is 0 Å². The Kier molecular flexibility index (Phi) is 8.90. The first-order chi connectivity index (χ1) is 10.6. The molecule has 5 nitrogen and oxygen atoms in total. The van der Waals surface area contributed by atoms with Crippen LogP contribution in [0, 0.1) is 12.8 Å². The minimum absolute atomic E-state index is 0. The van der Waals surface area contributed by atoms with Crippen molar-refractivity contribution in [2.45, 2.75) is 32.7 Å². The molecule has 23 heavy (non-hydrogen) atoms. The van der Waals surface area contributed by atoms with Gasteiger partial charge in [0.1, 0.15) is 0 Å². The van der Waals surface area contributed by atoms with Crippen molar-refractivity contribution in [3.63, 3.8) is 0 Å². The van der Waals surface area contributed by atoms with Crippen molar-refractivity contribution < 1.29 is 4.79 Å². The van der Waals surface area contributed by atoms with Gasteiger partial charge in [0.05, 0.1) is 6.54 Å². The smallest absolute Gasteiger partial charge is 0.220 e. The Hall–Kier alpha value is -0.830. The topological polar surface area (TPSA) is 56.7 Å². The number of nitrogens with one attached hydrogen (secondary N) is 2. The minimum atomic E-state index is 0. The van der Waals surface area contributed by atoms with Crippen LogP contribution in [0.3, 0.4) is 0 Å². The summed E-state index contributed by atoms with van der Waals surface area (Å²) in [7, 11) is 3.54. The van der Waals surface area contributed by atoms with Gasteiger partial charge in [-0.2, -0.15) is 0 Å². The number of likely N-dealkylation sites (tertiary alicyclic amines) is 1. The normalized spacial score (nSPS) is 16.0. The van der Waals surface area contributed by atoms with Gasteiger partial charge in [-0.1, -0.05) is 0 Å². The summed E-state index contributed by atoms with van der Waals surface area (Å²) in [5, 5.41) is 6.15. The summed E-state index contributed by atoms with van der Waals surface area (Å²) in [5.74, 6) is 1.60. The van der Waals surface area contributed by atoms with Crippen LogP contribution >= 0.6 is 35.3 Å². The first kappa shape index (κ1) is 20.2. The Morgan fingerprint density at radius 1 is 1.39 bits per heavy atom. The van der Waals surface area contributed by atoms with Crippen molar-refractivity contribution in [3.8, 4) is 0 Å². The van der Waals surface area contributed by atoms with E-state index in [1.807, 2.05) is 18.4 Å². The molecule has 1 aliphatic rings. The van der Waals surface area contributed by atoms with Crippen molar-refractivity contribution in [2.75, 3.05) is 27.2 Å². The number of aliphatic imine (C=N–C) groups is 1. The molecule has 0 saturated carbocycles. The summed E-state index contributed by atoms with van der Waals surface area (Å²) >= 11 is 1.82. The van der Waals surface area contributed by atoms with Crippen LogP contribution in [0.1, 0.15) is 29.0 Å². The molecule has 2 heterocycles. The number of guanidine groups is 1. The van der Waals surface area contributed by atoms with Crippen molar-refractivity contribution in [1.82, 2.24) is 15.5 Å². The number of amides is 1. The second kappa shape index (κ2) is 10.1. The van der Waals surface area contributed by atoms with Gasteiger partial charge in [0, 0.05) is 43.4 Å². The number of carbonyl (C=O) groups excluding carboxylic acids is 1. The van der Waals surface area contributed by atoms with Crippen LogP contribution in [0.5, 0.6) is 0 Å². The maximum absolute atomic E-state index is 11.5. The number of piperidine rings is 1. The van der Waals surface area contributed by atoms with Gasteiger partial charge >= 0.3 is 0 Å². The number of hydrogen-bond donors (Lipinski definition) is 2. The minimum Gasteiger partial charge on any atom is -0.359 e. The molecule has 0 atom stereocenters. The molecule has 2 rings (SSSR count). The van der Waals surface area contributed by atoms with Gasteiger partial charge in [0.2, 0.25) is 5.91 Å². The van der Waals surface area contributed by atoms with E-state index in [-0.39, 0.29) is 29.9 Å². The molecule has 1 aliphatic heterocycles. The molecule has 0 radical (unpaired) electrons. The van der Waals surface area contributed by atoms with E-state index in [2.05, 4.69) is 39.6 Å². The zero-order valence-electron chi connectivity index (χ0n) is 14.1. The summed E-state index contributed by atoms with van der Waals surface area (Å²) in [4.78, 5) is 20.8. The molecule has 2 N–H and O–H groups in total. The molecular weight excluding hydrogens is 423 g/mol. The lowest BCUT2D eigenvalue weighted by atomic mass is 9.93. The first-order valence-electron chi connectivity index (χ1n) is 7.84. The lowest BCUT2D eigenvalue weighted by Gasteiger charge is -2.34. The molecule has 0 bridgehead atoms. The van der Waals surface area contributed by atoms with Crippen molar-refractivity contribution >= 4 is 47.2 Å². The van der Waals surface area contributed by atoms with Crippen LogP contribution in [-0.2, 0) is 11.3 Å². The van der Waals surface area contributed by atoms with Gasteiger partial charge in [-0.05, 0) is 37.8 Å². The van der Waals surface area contributed by atoms with Crippen LogP contribution in [0.15, 0.2) is 17.1 Å². The number of rotatable bonds is 4. The number of carbonyl (C=O) groups is 1. The molecule has 130 valence electrons. The van der Waals surface area contributed by atoms with Crippen LogP contribution in [-0.4, -0.2) is 44.0 Å². The number of hydrogen-bond acceptors (Lipinski definition) is 3. The molecule has 0 spiro atoms. The predicted molar refractivity (Wildman–Crippen MR) is 108 cm³/mol. The van der Waals surface area contributed by atoms with Gasteiger partial charge in [-0.25, -0.2) is 0 Å². The summed E-state index contributed by atoms with van der Waals surface area (Å²) in [6.45, 7) is 4.87. The van der Waals surface area contributed by atoms with Crippen LogP contribution < -0.4 is 10.6 Å². The zero-order valence-corrected chi connectivity index (χ0v) is 17.2. The van der Waals surface area contributed by atoms with E-state index in [4.69, 9.17) is 0 Å². The molecule has 7 heteroatoms. The Labute approximate surface area is 160 Å². The van der Waals surface area contributed by atoms with E-state index in [9.17, 15) is 4.79 Å². The fourth-order valence-corrected chi connectivity index (χ4v) is 3.62. The monoisotopic (exact) mass is 450 g/mol. The Morgan fingerprint density at radius 3 is 2.61 bits per heavy atom. The number of thiophene rings is 1. The van der Waals surface area contributed by atoms with E-state index in [1.54, 1.807) is 7.05 Å². The maximum Gasteiger partial charge on any atom is 0.220 e. The zero-order chi connectivity index (χ0) is 15.9. The molecule has 1 fully saturated rings. The number of aryl methyl sites for hydroxylation is 1. The fourth-order valence-electron chi connectivity index (χ4n) is 2.79. The third-order valence-corrected chi connectivity index (χ3v) is 5.10. The highest BCUT2D eigenvalue weighted by Gasteiger charge is 2.22. The van der Waals surface area contributed by atoms with E-state index in [0.717, 1.165) is 38.4 Å².